The first-order valence-corrected chi connectivity index (χ1v) is 7.56. The molecule has 2 N–H and O–H groups in total. The average Bonchev–Trinajstić information content (AvgIpc) is 2.48. The topological polar surface area (TPSA) is 50.4 Å². The monoisotopic (exact) mass is 294 g/mol. The molecule has 2 rings (SSSR count). The van der Waals surface area contributed by atoms with Gasteiger partial charge in [0.25, 0.3) is 5.91 Å². The molecule has 0 saturated carbocycles. The smallest absolute Gasteiger partial charge is 0.261 e. The van der Waals surface area contributed by atoms with E-state index in [0.717, 1.165) is 19.4 Å². The molecule has 0 radical (unpaired) electrons. The minimum absolute atomic E-state index is 0.101. The summed E-state index contributed by atoms with van der Waals surface area (Å²) in [5.41, 5.74) is 0. The Kier molecular flexibility index (Phi) is 5.56. The highest BCUT2D eigenvalue weighted by molar-refractivity contribution is 5.81. The molecule has 21 heavy (non-hydrogen) atoms. The van der Waals surface area contributed by atoms with Crippen molar-refractivity contribution in [2.75, 3.05) is 6.54 Å². The molecule has 1 aromatic carbocycles. The fraction of sp³-hybridized carbons (Fsp3) is 0.562. The van der Waals surface area contributed by atoms with Crippen LogP contribution in [0.1, 0.15) is 33.1 Å². The Labute approximate surface area is 125 Å². The minimum atomic E-state index is -0.670. The van der Waals surface area contributed by atoms with Gasteiger partial charge in [-0.1, -0.05) is 19.1 Å². The summed E-state index contributed by atoms with van der Waals surface area (Å²) < 4.78 is 19.1. The zero-order valence-electron chi connectivity index (χ0n) is 12.6. The molecule has 5 heteroatoms. The Morgan fingerprint density at radius 3 is 2.95 bits per heavy atom. The lowest BCUT2D eigenvalue weighted by atomic mass is 9.99. The molecule has 0 spiro atoms. The van der Waals surface area contributed by atoms with E-state index in [0.29, 0.717) is 6.42 Å². The largest absolute Gasteiger partial charge is 0.478 e. The van der Waals surface area contributed by atoms with Crippen LogP contribution in [0.25, 0.3) is 0 Å². The van der Waals surface area contributed by atoms with E-state index in [9.17, 15) is 9.18 Å². The number of amides is 1. The molecule has 1 amide bonds. The van der Waals surface area contributed by atoms with Crippen molar-refractivity contribution in [2.24, 2.45) is 0 Å². The lowest BCUT2D eigenvalue weighted by Gasteiger charge is -2.31. The van der Waals surface area contributed by atoms with Gasteiger partial charge in [-0.05, 0) is 44.9 Å². The van der Waals surface area contributed by atoms with Crippen LogP contribution in [0.2, 0.25) is 0 Å². The molecule has 116 valence electrons. The number of carbonyl (C=O) groups is 1. The van der Waals surface area contributed by atoms with Gasteiger partial charge in [0.15, 0.2) is 17.7 Å². The summed E-state index contributed by atoms with van der Waals surface area (Å²) in [4.78, 5) is 12.3. The molecule has 4 nitrogen and oxygen atoms in total. The number of hydrogen-bond donors (Lipinski definition) is 2. The van der Waals surface area contributed by atoms with Crippen LogP contribution in [0.3, 0.4) is 0 Å². The van der Waals surface area contributed by atoms with Crippen molar-refractivity contribution in [2.45, 2.75) is 51.3 Å². The number of para-hydroxylation sites is 1. The predicted molar refractivity (Wildman–Crippen MR) is 79.7 cm³/mol. The molecule has 1 aliphatic rings. The highest BCUT2D eigenvalue weighted by atomic mass is 19.1. The van der Waals surface area contributed by atoms with Crippen LogP contribution in [0.15, 0.2) is 24.3 Å². The summed E-state index contributed by atoms with van der Waals surface area (Å²) in [5, 5.41) is 6.35. The Morgan fingerprint density at radius 1 is 1.52 bits per heavy atom. The van der Waals surface area contributed by atoms with Gasteiger partial charge in [-0.15, -0.1) is 0 Å². The van der Waals surface area contributed by atoms with Crippen molar-refractivity contribution in [1.29, 1.82) is 0 Å². The first kappa shape index (κ1) is 15.8. The van der Waals surface area contributed by atoms with Gasteiger partial charge in [0, 0.05) is 12.1 Å². The van der Waals surface area contributed by atoms with Gasteiger partial charge >= 0.3 is 0 Å². The summed E-state index contributed by atoms with van der Waals surface area (Å²) in [5.74, 6) is -0.507. The zero-order valence-corrected chi connectivity index (χ0v) is 12.6. The van der Waals surface area contributed by atoms with Crippen molar-refractivity contribution < 1.29 is 13.9 Å². The molecule has 0 aromatic heterocycles. The summed E-state index contributed by atoms with van der Waals surface area (Å²) in [7, 11) is 0. The van der Waals surface area contributed by atoms with E-state index in [-0.39, 0.29) is 23.7 Å². The number of hydrogen-bond acceptors (Lipinski definition) is 3. The molecule has 1 fully saturated rings. The second kappa shape index (κ2) is 7.41. The standard InChI is InChI=1S/C16H23FN2O2/c1-3-14(21-15-9-5-4-7-12(15)17)16(20)19-13-8-6-10-18-11(13)2/h4-5,7,9,11,13-14,18H,3,6,8,10H2,1-2H3,(H,19,20). The quantitative estimate of drug-likeness (QED) is 0.875. The van der Waals surface area contributed by atoms with Gasteiger partial charge < -0.3 is 15.4 Å². The van der Waals surface area contributed by atoms with E-state index in [1.165, 1.54) is 12.1 Å². The van der Waals surface area contributed by atoms with Crippen LogP contribution >= 0.6 is 0 Å². The molecule has 1 saturated heterocycles. The zero-order chi connectivity index (χ0) is 15.2. The van der Waals surface area contributed by atoms with E-state index in [2.05, 4.69) is 17.6 Å². The maximum atomic E-state index is 13.6. The Morgan fingerprint density at radius 2 is 2.29 bits per heavy atom. The van der Waals surface area contributed by atoms with Gasteiger partial charge in [0.05, 0.1) is 0 Å². The minimum Gasteiger partial charge on any atom is -0.478 e. The number of ether oxygens (including phenoxy) is 1. The van der Waals surface area contributed by atoms with Crippen LogP contribution in [0, 0.1) is 5.82 Å². The van der Waals surface area contributed by atoms with Crippen molar-refractivity contribution in [3.63, 3.8) is 0 Å². The SMILES string of the molecule is CCC(Oc1ccccc1F)C(=O)NC1CCCNC1C. The highest BCUT2D eigenvalue weighted by Gasteiger charge is 2.26. The van der Waals surface area contributed by atoms with Crippen LogP contribution in [0.4, 0.5) is 4.39 Å². The summed E-state index contributed by atoms with van der Waals surface area (Å²) >= 11 is 0. The Balaban J connectivity index is 1.97. The van der Waals surface area contributed by atoms with Crippen molar-refractivity contribution >= 4 is 5.91 Å². The van der Waals surface area contributed by atoms with Crippen molar-refractivity contribution in [1.82, 2.24) is 10.6 Å². The van der Waals surface area contributed by atoms with Gasteiger partial charge in [-0.3, -0.25) is 4.79 Å². The third-order valence-corrected chi connectivity index (χ3v) is 3.86. The first-order valence-electron chi connectivity index (χ1n) is 7.56. The van der Waals surface area contributed by atoms with E-state index >= 15 is 0 Å². The van der Waals surface area contributed by atoms with Gasteiger partial charge in [-0.2, -0.15) is 0 Å². The molecule has 0 bridgehead atoms. The summed E-state index contributed by atoms with van der Waals surface area (Å²) in [6.45, 7) is 4.90. The number of benzene rings is 1. The molecule has 1 aromatic rings. The number of halogens is 1. The predicted octanol–water partition coefficient (Wildman–Crippen LogP) is 2.24. The van der Waals surface area contributed by atoms with E-state index in [1.54, 1.807) is 12.1 Å². The summed E-state index contributed by atoms with van der Waals surface area (Å²) in [6.07, 6.45) is 1.82. The van der Waals surface area contributed by atoms with Crippen LogP contribution in [0.5, 0.6) is 5.75 Å². The molecule has 3 atom stereocenters. The molecular formula is C16H23FN2O2. The highest BCUT2D eigenvalue weighted by Crippen LogP contribution is 2.18. The molecule has 1 heterocycles. The Bertz CT molecular complexity index is 481. The first-order chi connectivity index (χ1) is 10.1. The third kappa shape index (κ3) is 4.17. The summed E-state index contributed by atoms with van der Waals surface area (Å²) in [6, 6.07) is 6.50. The fourth-order valence-electron chi connectivity index (χ4n) is 2.53. The van der Waals surface area contributed by atoms with Crippen LogP contribution in [-0.2, 0) is 4.79 Å². The third-order valence-electron chi connectivity index (χ3n) is 3.86. The van der Waals surface area contributed by atoms with E-state index in [1.807, 2.05) is 6.92 Å². The lowest BCUT2D eigenvalue weighted by Crippen LogP contribution is -2.54. The fourth-order valence-corrected chi connectivity index (χ4v) is 2.53. The van der Waals surface area contributed by atoms with Crippen molar-refractivity contribution in [3.8, 4) is 5.75 Å². The molecule has 1 aliphatic heterocycles. The second-order valence-electron chi connectivity index (χ2n) is 5.45. The average molecular weight is 294 g/mol. The number of piperidine rings is 1. The van der Waals surface area contributed by atoms with Crippen LogP contribution < -0.4 is 15.4 Å². The van der Waals surface area contributed by atoms with E-state index in [4.69, 9.17) is 4.74 Å². The Hall–Kier alpha value is -1.62. The van der Waals surface area contributed by atoms with E-state index < -0.39 is 11.9 Å². The van der Waals surface area contributed by atoms with Crippen molar-refractivity contribution in [3.05, 3.63) is 30.1 Å². The molecule has 0 aliphatic carbocycles. The number of nitrogens with one attached hydrogen (secondary N) is 2. The number of carbonyl (C=O) groups excluding carboxylic acids is 1. The lowest BCUT2D eigenvalue weighted by molar-refractivity contribution is -0.129. The van der Waals surface area contributed by atoms with Crippen LogP contribution in [-0.4, -0.2) is 30.6 Å². The van der Waals surface area contributed by atoms with Gasteiger partial charge in [0.2, 0.25) is 0 Å². The molecule has 3 unspecified atom stereocenters. The number of rotatable bonds is 5. The maximum Gasteiger partial charge on any atom is 0.261 e. The molecular weight excluding hydrogens is 271 g/mol. The maximum absolute atomic E-state index is 13.6. The second-order valence-corrected chi connectivity index (χ2v) is 5.45. The normalized spacial score (nSPS) is 23.4. The van der Waals surface area contributed by atoms with Gasteiger partial charge in [0.1, 0.15) is 0 Å². The van der Waals surface area contributed by atoms with Gasteiger partial charge in [-0.25, -0.2) is 4.39 Å².